The summed E-state index contributed by atoms with van der Waals surface area (Å²) in [6.45, 7) is 6.60. The summed E-state index contributed by atoms with van der Waals surface area (Å²) in [6.07, 6.45) is 6.00. The normalized spacial score (nSPS) is 54.2. The van der Waals surface area contributed by atoms with Gasteiger partial charge in [-0.1, -0.05) is 20.8 Å². The molecule has 24 heavy (non-hydrogen) atoms. The van der Waals surface area contributed by atoms with Crippen molar-refractivity contribution in [3.05, 3.63) is 0 Å². The summed E-state index contributed by atoms with van der Waals surface area (Å²) < 4.78 is 14.2. The zero-order valence-electron chi connectivity index (χ0n) is 15.3. The Morgan fingerprint density at radius 1 is 1.04 bits per heavy atom. The fraction of sp³-hybridized carbons (Fsp3) is 0.905. The Morgan fingerprint density at radius 3 is 2.50 bits per heavy atom. The maximum Gasteiger partial charge on any atom is 0.173 e. The molecule has 0 aromatic heterocycles. The zero-order valence-corrected chi connectivity index (χ0v) is 15.3. The molecule has 0 amide bonds. The molecule has 4 rings (SSSR count). The van der Waals surface area contributed by atoms with Crippen molar-refractivity contribution < 1.29 is 14.0 Å². The Labute approximate surface area is 145 Å². The number of rotatable bonds is 1. The molecule has 0 saturated heterocycles. The van der Waals surface area contributed by atoms with Crippen LogP contribution < -0.4 is 0 Å². The van der Waals surface area contributed by atoms with E-state index in [4.69, 9.17) is 0 Å². The van der Waals surface area contributed by atoms with Crippen molar-refractivity contribution >= 4 is 11.6 Å². The lowest BCUT2D eigenvalue weighted by Gasteiger charge is -2.60. The van der Waals surface area contributed by atoms with Crippen LogP contribution in [0.2, 0.25) is 0 Å². The third kappa shape index (κ3) is 1.99. The van der Waals surface area contributed by atoms with Crippen molar-refractivity contribution in [1.29, 1.82) is 0 Å². The van der Waals surface area contributed by atoms with Crippen LogP contribution in [0, 0.1) is 40.4 Å². The fourth-order valence-electron chi connectivity index (χ4n) is 7.58. The zero-order chi connectivity index (χ0) is 17.3. The summed E-state index contributed by atoms with van der Waals surface area (Å²) in [7, 11) is 0. The number of carbonyl (C=O) groups excluding carboxylic acids is 2. The summed E-state index contributed by atoms with van der Waals surface area (Å²) in [5.41, 5.74) is -0.200. The first-order valence-electron chi connectivity index (χ1n) is 10.0. The molecule has 3 heteroatoms. The number of halogens is 1. The first kappa shape index (κ1) is 16.7. The topological polar surface area (TPSA) is 34.1 Å². The van der Waals surface area contributed by atoms with E-state index in [1.165, 1.54) is 0 Å². The van der Waals surface area contributed by atoms with Crippen LogP contribution >= 0.6 is 0 Å². The number of carbonyl (C=O) groups is 2. The highest BCUT2D eigenvalue weighted by molar-refractivity contribution is 5.91. The van der Waals surface area contributed by atoms with Crippen LogP contribution in [-0.4, -0.2) is 17.7 Å². The second-order valence-corrected chi connectivity index (χ2v) is 9.57. The SMILES string of the molecule is CCC1C(=O)CCC2(C)C1CCC1C3CC(F)C(=O)C3(C)CCC12. The summed E-state index contributed by atoms with van der Waals surface area (Å²) in [6, 6.07) is 0. The Bertz CT molecular complexity index is 572. The summed E-state index contributed by atoms with van der Waals surface area (Å²) in [5.74, 6) is 2.39. The second-order valence-electron chi connectivity index (χ2n) is 9.57. The van der Waals surface area contributed by atoms with E-state index in [0.29, 0.717) is 30.0 Å². The van der Waals surface area contributed by atoms with Crippen molar-refractivity contribution in [1.82, 2.24) is 0 Å². The molecule has 0 N–H and O–H groups in total. The quantitative estimate of drug-likeness (QED) is 0.693. The van der Waals surface area contributed by atoms with Gasteiger partial charge in [-0.15, -0.1) is 0 Å². The minimum Gasteiger partial charge on any atom is -0.299 e. The lowest BCUT2D eigenvalue weighted by Crippen LogP contribution is -2.55. The molecule has 8 atom stereocenters. The average Bonchev–Trinajstić information content (AvgIpc) is 2.79. The minimum absolute atomic E-state index is 0.122. The third-order valence-corrected chi connectivity index (χ3v) is 8.89. The third-order valence-electron chi connectivity index (χ3n) is 8.89. The van der Waals surface area contributed by atoms with Gasteiger partial charge in [0.05, 0.1) is 0 Å². The van der Waals surface area contributed by atoms with Gasteiger partial charge in [-0.3, -0.25) is 9.59 Å². The van der Waals surface area contributed by atoms with Crippen molar-refractivity contribution in [3.8, 4) is 0 Å². The number of hydrogen-bond donors (Lipinski definition) is 0. The van der Waals surface area contributed by atoms with Crippen LogP contribution in [0.5, 0.6) is 0 Å². The predicted octanol–water partition coefficient (Wildman–Crippen LogP) is 4.75. The molecule has 134 valence electrons. The molecule has 0 spiro atoms. The van der Waals surface area contributed by atoms with Gasteiger partial charge in [0.2, 0.25) is 0 Å². The van der Waals surface area contributed by atoms with Crippen LogP contribution in [0.4, 0.5) is 4.39 Å². The van der Waals surface area contributed by atoms with Gasteiger partial charge < -0.3 is 0 Å². The molecular formula is C21H31FO2. The van der Waals surface area contributed by atoms with Gasteiger partial charge in [0.25, 0.3) is 0 Å². The molecule has 0 aromatic carbocycles. The van der Waals surface area contributed by atoms with E-state index in [-0.39, 0.29) is 23.0 Å². The molecule has 0 aromatic rings. The van der Waals surface area contributed by atoms with E-state index < -0.39 is 11.6 Å². The first-order chi connectivity index (χ1) is 11.3. The van der Waals surface area contributed by atoms with Gasteiger partial charge >= 0.3 is 0 Å². The van der Waals surface area contributed by atoms with Gasteiger partial charge in [-0.25, -0.2) is 4.39 Å². The van der Waals surface area contributed by atoms with E-state index in [0.717, 1.165) is 44.9 Å². The molecule has 0 aliphatic heterocycles. The highest BCUT2D eigenvalue weighted by atomic mass is 19.1. The van der Waals surface area contributed by atoms with Crippen LogP contribution in [0.1, 0.15) is 72.1 Å². The molecule has 8 unspecified atom stereocenters. The van der Waals surface area contributed by atoms with Crippen molar-refractivity contribution in [3.63, 3.8) is 0 Å². The van der Waals surface area contributed by atoms with Crippen LogP contribution in [-0.2, 0) is 9.59 Å². The van der Waals surface area contributed by atoms with E-state index >= 15 is 0 Å². The minimum atomic E-state index is -1.24. The molecule has 0 radical (unpaired) electrons. The first-order valence-corrected chi connectivity index (χ1v) is 10.0. The van der Waals surface area contributed by atoms with Gasteiger partial charge in [0.1, 0.15) is 5.78 Å². The van der Waals surface area contributed by atoms with Gasteiger partial charge in [-0.2, -0.15) is 0 Å². The van der Waals surface area contributed by atoms with Gasteiger partial charge in [-0.05, 0) is 74.0 Å². The fourth-order valence-corrected chi connectivity index (χ4v) is 7.58. The maximum atomic E-state index is 14.2. The smallest absolute Gasteiger partial charge is 0.173 e. The Balaban J connectivity index is 1.67. The van der Waals surface area contributed by atoms with E-state index in [1.807, 2.05) is 6.92 Å². The maximum absolute atomic E-state index is 14.2. The molecule has 4 aliphatic carbocycles. The predicted molar refractivity (Wildman–Crippen MR) is 91.2 cm³/mol. The van der Waals surface area contributed by atoms with Gasteiger partial charge in [0.15, 0.2) is 12.0 Å². The summed E-state index contributed by atoms with van der Waals surface area (Å²) >= 11 is 0. The number of alkyl halides is 1. The Morgan fingerprint density at radius 2 is 1.79 bits per heavy atom. The van der Waals surface area contributed by atoms with Gasteiger partial charge in [0, 0.05) is 17.8 Å². The molecular weight excluding hydrogens is 303 g/mol. The monoisotopic (exact) mass is 334 g/mol. The van der Waals surface area contributed by atoms with Crippen molar-refractivity contribution in [2.45, 2.75) is 78.3 Å². The highest BCUT2D eigenvalue weighted by Crippen LogP contribution is 2.66. The lowest BCUT2D eigenvalue weighted by molar-refractivity contribution is -0.153. The van der Waals surface area contributed by atoms with E-state index in [2.05, 4.69) is 13.8 Å². The van der Waals surface area contributed by atoms with Crippen molar-refractivity contribution in [2.24, 2.45) is 40.4 Å². The standard InChI is InChI=1S/C21H31FO2/c1-4-12-14-6-5-13-15(20(14,2)10-8-18(12)23)7-9-21(3)16(13)11-17(22)19(21)24/h12-17H,4-11H2,1-3H3. The second kappa shape index (κ2) is 5.38. The Hall–Kier alpha value is -0.730. The van der Waals surface area contributed by atoms with E-state index in [9.17, 15) is 14.0 Å². The lowest BCUT2D eigenvalue weighted by atomic mass is 9.43. The molecule has 2 nitrogen and oxygen atoms in total. The molecule has 4 saturated carbocycles. The summed E-state index contributed by atoms with van der Waals surface area (Å²) in [5, 5.41) is 0. The average molecular weight is 334 g/mol. The molecule has 0 heterocycles. The number of ketones is 2. The molecule has 0 bridgehead atoms. The largest absolute Gasteiger partial charge is 0.299 e. The highest BCUT2D eigenvalue weighted by Gasteiger charge is 2.63. The van der Waals surface area contributed by atoms with Crippen molar-refractivity contribution in [2.75, 3.05) is 0 Å². The number of fused-ring (bicyclic) bond motifs is 5. The molecule has 4 fully saturated rings. The number of Topliss-reactive ketones (excluding diaryl/α,β-unsaturated/α-hetero) is 2. The van der Waals surface area contributed by atoms with E-state index in [1.54, 1.807) is 0 Å². The van der Waals surface area contributed by atoms with Crippen LogP contribution in [0.3, 0.4) is 0 Å². The van der Waals surface area contributed by atoms with Crippen LogP contribution in [0.15, 0.2) is 0 Å². The number of hydrogen-bond acceptors (Lipinski definition) is 2. The summed E-state index contributed by atoms with van der Waals surface area (Å²) in [4.78, 5) is 24.8. The Kier molecular flexibility index (Phi) is 3.75. The molecule has 4 aliphatic rings. The van der Waals surface area contributed by atoms with Crippen LogP contribution in [0.25, 0.3) is 0 Å².